The van der Waals surface area contributed by atoms with E-state index in [4.69, 9.17) is 4.74 Å². The average molecular weight is 327 g/mol. The number of carbonyl (C=O) groups excluding carboxylic acids is 1. The van der Waals surface area contributed by atoms with E-state index in [0.717, 1.165) is 12.3 Å². The van der Waals surface area contributed by atoms with Crippen LogP contribution < -0.4 is 10.6 Å². The van der Waals surface area contributed by atoms with E-state index in [9.17, 15) is 4.79 Å². The summed E-state index contributed by atoms with van der Waals surface area (Å²) >= 11 is 0. The molecule has 0 aromatic carbocycles. The molecule has 1 rings (SSSR count). The predicted octanol–water partition coefficient (Wildman–Crippen LogP) is 4.48. The largest absolute Gasteiger partial charge is 0.444 e. The smallest absolute Gasteiger partial charge is 0.407 e. The van der Waals surface area contributed by atoms with Crippen molar-refractivity contribution >= 4 is 6.09 Å². The third kappa shape index (κ3) is 9.85. The van der Waals surface area contributed by atoms with Crippen molar-refractivity contribution < 1.29 is 9.53 Å². The van der Waals surface area contributed by atoms with Crippen molar-refractivity contribution in [3.05, 3.63) is 0 Å². The van der Waals surface area contributed by atoms with E-state index in [1.165, 1.54) is 32.1 Å². The van der Waals surface area contributed by atoms with Crippen LogP contribution >= 0.6 is 0 Å². The first-order chi connectivity index (χ1) is 10.7. The quantitative estimate of drug-likeness (QED) is 0.707. The number of rotatable bonds is 6. The molecule has 3 unspecified atom stereocenters. The van der Waals surface area contributed by atoms with Crippen LogP contribution in [0.3, 0.4) is 0 Å². The van der Waals surface area contributed by atoms with Gasteiger partial charge >= 0.3 is 6.09 Å². The second-order valence-corrected chi connectivity index (χ2v) is 8.69. The molecule has 4 nitrogen and oxygen atoms in total. The molecule has 0 heterocycles. The van der Waals surface area contributed by atoms with Crippen LogP contribution in [0.25, 0.3) is 0 Å². The fourth-order valence-electron chi connectivity index (χ4n) is 3.29. The maximum absolute atomic E-state index is 11.9. The number of ether oxygens (including phenoxy) is 1. The van der Waals surface area contributed by atoms with Crippen molar-refractivity contribution in [3.8, 4) is 0 Å². The van der Waals surface area contributed by atoms with Crippen molar-refractivity contribution in [2.24, 2.45) is 11.8 Å². The van der Waals surface area contributed by atoms with Gasteiger partial charge in [0.15, 0.2) is 0 Å². The van der Waals surface area contributed by atoms with Crippen LogP contribution in [-0.4, -0.2) is 30.3 Å². The monoisotopic (exact) mass is 326 g/mol. The van der Waals surface area contributed by atoms with E-state index < -0.39 is 5.60 Å². The first-order valence-electron chi connectivity index (χ1n) is 9.38. The first-order valence-corrected chi connectivity index (χ1v) is 9.38. The molecule has 0 spiro atoms. The number of nitrogens with one attached hydrogen (secondary N) is 2. The summed E-state index contributed by atoms with van der Waals surface area (Å²) in [6.07, 6.45) is 7.24. The van der Waals surface area contributed by atoms with Gasteiger partial charge in [-0.3, -0.25) is 0 Å². The van der Waals surface area contributed by atoms with Gasteiger partial charge in [-0.2, -0.15) is 0 Å². The summed E-state index contributed by atoms with van der Waals surface area (Å²) < 4.78 is 5.34. The van der Waals surface area contributed by atoms with Crippen LogP contribution in [0.5, 0.6) is 0 Å². The third-order valence-corrected chi connectivity index (χ3v) is 4.38. The third-order valence-electron chi connectivity index (χ3n) is 4.38. The van der Waals surface area contributed by atoms with Crippen molar-refractivity contribution in [2.75, 3.05) is 6.54 Å². The Bertz CT molecular complexity index is 350. The Balaban J connectivity index is 2.47. The Morgan fingerprint density at radius 2 is 1.87 bits per heavy atom. The summed E-state index contributed by atoms with van der Waals surface area (Å²) in [7, 11) is 0. The molecule has 0 aromatic rings. The molecule has 1 amide bonds. The van der Waals surface area contributed by atoms with E-state index in [1.54, 1.807) is 0 Å². The zero-order valence-corrected chi connectivity index (χ0v) is 16.1. The molecule has 1 saturated carbocycles. The van der Waals surface area contributed by atoms with Crippen LogP contribution in [0.2, 0.25) is 0 Å². The van der Waals surface area contributed by atoms with Gasteiger partial charge in [0.2, 0.25) is 0 Å². The molecule has 1 aliphatic rings. The zero-order chi connectivity index (χ0) is 17.5. The number of hydrogen-bond acceptors (Lipinski definition) is 3. The molecule has 136 valence electrons. The van der Waals surface area contributed by atoms with E-state index in [2.05, 4.69) is 31.4 Å². The van der Waals surface area contributed by atoms with Gasteiger partial charge in [0.25, 0.3) is 0 Å². The Morgan fingerprint density at radius 3 is 2.48 bits per heavy atom. The Labute approximate surface area is 143 Å². The minimum atomic E-state index is -0.442. The van der Waals surface area contributed by atoms with Crippen molar-refractivity contribution in [3.63, 3.8) is 0 Å². The summed E-state index contributed by atoms with van der Waals surface area (Å²) in [4.78, 5) is 11.9. The van der Waals surface area contributed by atoms with Gasteiger partial charge in [-0.25, -0.2) is 4.79 Å². The van der Waals surface area contributed by atoms with Gasteiger partial charge in [-0.15, -0.1) is 0 Å². The summed E-state index contributed by atoms with van der Waals surface area (Å²) in [5, 5.41) is 6.73. The lowest BCUT2D eigenvalue weighted by molar-refractivity contribution is 0.0519. The number of alkyl carbamates (subject to hydrolysis) is 1. The maximum Gasteiger partial charge on any atom is 0.407 e. The van der Waals surface area contributed by atoms with Gasteiger partial charge in [-0.1, -0.05) is 33.6 Å². The highest BCUT2D eigenvalue weighted by Gasteiger charge is 2.22. The highest BCUT2D eigenvalue weighted by Crippen LogP contribution is 2.23. The predicted molar refractivity (Wildman–Crippen MR) is 96.7 cm³/mol. The van der Waals surface area contributed by atoms with E-state index in [-0.39, 0.29) is 6.09 Å². The summed E-state index contributed by atoms with van der Waals surface area (Å²) in [6, 6.07) is 0.907. The lowest BCUT2D eigenvalue weighted by Gasteiger charge is -2.27. The number of hydrogen-bond donors (Lipinski definition) is 2. The van der Waals surface area contributed by atoms with Gasteiger partial charge in [0.05, 0.1) is 0 Å². The number of amides is 1. The molecular formula is C19H38N2O2. The van der Waals surface area contributed by atoms with Crippen LogP contribution in [0.15, 0.2) is 0 Å². The molecule has 23 heavy (non-hydrogen) atoms. The second-order valence-electron chi connectivity index (χ2n) is 8.69. The highest BCUT2D eigenvalue weighted by atomic mass is 16.6. The molecule has 0 aliphatic heterocycles. The van der Waals surface area contributed by atoms with E-state index in [0.29, 0.717) is 24.5 Å². The molecule has 0 aromatic heterocycles. The minimum Gasteiger partial charge on any atom is -0.444 e. The van der Waals surface area contributed by atoms with Crippen LogP contribution in [0.4, 0.5) is 4.79 Å². The highest BCUT2D eigenvalue weighted by molar-refractivity contribution is 5.67. The maximum atomic E-state index is 11.9. The Morgan fingerprint density at radius 1 is 1.17 bits per heavy atom. The molecule has 4 heteroatoms. The van der Waals surface area contributed by atoms with E-state index >= 15 is 0 Å². The van der Waals surface area contributed by atoms with Gasteiger partial charge < -0.3 is 15.4 Å². The van der Waals surface area contributed by atoms with Crippen LogP contribution in [0.1, 0.15) is 80.1 Å². The molecule has 1 aliphatic carbocycles. The molecule has 1 fully saturated rings. The van der Waals surface area contributed by atoms with Crippen molar-refractivity contribution in [1.29, 1.82) is 0 Å². The number of carbonyl (C=O) groups is 1. The van der Waals surface area contributed by atoms with Crippen LogP contribution in [-0.2, 0) is 4.74 Å². The molecule has 0 radical (unpaired) electrons. The van der Waals surface area contributed by atoms with Gasteiger partial charge in [-0.05, 0) is 58.3 Å². The lowest BCUT2D eigenvalue weighted by Crippen LogP contribution is -2.47. The first kappa shape index (κ1) is 20.3. The van der Waals surface area contributed by atoms with Gasteiger partial charge in [0, 0.05) is 18.6 Å². The fourth-order valence-corrected chi connectivity index (χ4v) is 3.29. The normalized spacial score (nSPS) is 24.1. The SMILES string of the molecule is CC(C)CC(CNC(=O)OC(C)(C)C)NC1CCCC(C)CC1. The zero-order valence-electron chi connectivity index (χ0n) is 16.1. The molecule has 3 atom stereocenters. The van der Waals surface area contributed by atoms with Crippen LogP contribution in [0, 0.1) is 11.8 Å². The fraction of sp³-hybridized carbons (Fsp3) is 0.947. The molecule has 0 saturated heterocycles. The molecule has 2 N–H and O–H groups in total. The lowest BCUT2D eigenvalue weighted by atomic mass is 10.0. The topological polar surface area (TPSA) is 50.4 Å². The summed E-state index contributed by atoms with van der Waals surface area (Å²) in [5.74, 6) is 1.46. The summed E-state index contributed by atoms with van der Waals surface area (Å²) in [5.41, 5.74) is -0.442. The Kier molecular flexibility index (Phi) is 8.38. The van der Waals surface area contributed by atoms with E-state index in [1.807, 2.05) is 20.8 Å². The summed E-state index contributed by atoms with van der Waals surface area (Å²) in [6.45, 7) is 13.1. The minimum absolute atomic E-state index is 0.317. The second kappa shape index (κ2) is 9.51. The van der Waals surface area contributed by atoms with Crippen molar-refractivity contribution in [1.82, 2.24) is 10.6 Å². The molecular weight excluding hydrogens is 288 g/mol. The Hall–Kier alpha value is -0.770. The average Bonchev–Trinajstić information content (AvgIpc) is 2.58. The van der Waals surface area contributed by atoms with Crippen molar-refractivity contribution in [2.45, 2.75) is 97.8 Å². The van der Waals surface area contributed by atoms with Gasteiger partial charge in [0.1, 0.15) is 5.60 Å². The molecule has 0 bridgehead atoms. The standard InChI is InChI=1S/C19H38N2O2/c1-14(2)12-17(13-20-18(22)23-19(4,5)6)21-16-9-7-8-15(3)10-11-16/h14-17,21H,7-13H2,1-6H3,(H,20,22).